The minimum absolute atomic E-state index is 0.00874. The van der Waals surface area contributed by atoms with E-state index in [-0.39, 0.29) is 25.3 Å². The molecule has 0 aliphatic carbocycles. The molecule has 8 heteroatoms. The van der Waals surface area contributed by atoms with Crippen LogP contribution in [0.3, 0.4) is 0 Å². The molecule has 1 aromatic rings. The number of hydrogen-bond donors (Lipinski definition) is 2. The number of carbonyl (C=O) groups excluding carboxylic acids is 2. The monoisotopic (exact) mass is 376 g/mol. The van der Waals surface area contributed by atoms with Crippen LogP contribution in [0.2, 0.25) is 0 Å². The predicted molar refractivity (Wildman–Crippen MR) is 99.0 cm³/mol. The number of allylic oxidation sites excluding steroid dienone is 1. The van der Waals surface area contributed by atoms with Gasteiger partial charge < -0.3 is 24.8 Å². The molecule has 0 saturated carbocycles. The number of nitrogens with one attached hydrogen (secondary N) is 1. The lowest BCUT2D eigenvalue weighted by Crippen LogP contribution is -2.44. The Balaban J connectivity index is 2.11. The molecule has 1 aromatic carbocycles. The lowest BCUT2D eigenvalue weighted by molar-refractivity contribution is -0.142. The minimum atomic E-state index is -1.11. The molecular formula is C19H24N2O6. The molecule has 2 atom stereocenters. The van der Waals surface area contributed by atoms with Crippen LogP contribution in [0, 0.1) is 5.92 Å². The van der Waals surface area contributed by atoms with Crippen molar-refractivity contribution in [1.82, 2.24) is 5.32 Å². The molecule has 8 nitrogen and oxygen atoms in total. The van der Waals surface area contributed by atoms with Crippen molar-refractivity contribution in [3.8, 4) is 11.5 Å². The van der Waals surface area contributed by atoms with Crippen molar-refractivity contribution in [3.63, 3.8) is 0 Å². The summed E-state index contributed by atoms with van der Waals surface area (Å²) in [4.78, 5) is 37.7. The molecular weight excluding hydrogens is 352 g/mol. The van der Waals surface area contributed by atoms with Crippen molar-refractivity contribution in [2.75, 3.05) is 25.7 Å². The van der Waals surface area contributed by atoms with Crippen molar-refractivity contribution < 1.29 is 29.0 Å². The molecule has 2 unspecified atom stereocenters. The number of benzene rings is 1. The Morgan fingerprint density at radius 2 is 2.15 bits per heavy atom. The van der Waals surface area contributed by atoms with Gasteiger partial charge >= 0.3 is 5.97 Å². The molecule has 1 heterocycles. The molecule has 1 aliphatic rings. The van der Waals surface area contributed by atoms with E-state index in [4.69, 9.17) is 9.47 Å². The number of anilines is 1. The highest BCUT2D eigenvalue weighted by molar-refractivity contribution is 6.01. The number of carboxylic acids is 1. The normalized spacial score (nSPS) is 17.3. The van der Waals surface area contributed by atoms with Crippen LogP contribution in [0.25, 0.3) is 0 Å². The molecule has 2 rings (SSSR count). The quantitative estimate of drug-likeness (QED) is 0.634. The van der Waals surface area contributed by atoms with Crippen molar-refractivity contribution in [2.45, 2.75) is 25.3 Å². The smallest absolute Gasteiger partial charge is 0.326 e. The van der Waals surface area contributed by atoms with Gasteiger partial charge in [-0.2, -0.15) is 0 Å². The van der Waals surface area contributed by atoms with Crippen molar-refractivity contribution in [3.05, 3.63) is 30.9 Å². The van der Waals surface area contributed by atoms with E-state index in [2.05, 4.69) is 11.9 Å². The predicted octanol–water partition coefficient (Wildman–Crippen LogP) is 1.59. The van der Waals surface area contributed by atoms with Crippen molar-refractivity contribution in [1.29, 1.82) is 0 Å². The summed E-state index contributed by atoms with van der Waals surface area (Å²) in [5.74, 6) is -1.37. The van der Waals surface area contributed by atoms with Gasteiger partial charge in [0, 0.05) is 19.0 Å². The second-order valence-electron chi connectivity index (χ2n) is 6.21. The van der Waals surface area contributed by atoms with Gasteiger partial charge in [-0.15, -0.1) is 6.58 Å². The molecule has 1 fully saturated rings. The molecule has 146 valence electrons. The maximum absolute atomic E-state index is 12.5. The first kappa shape index (κ1) is 20.3. The topological polar surface area (TPSA) is 105 Å². The standard InChI is InChI=1S/C19H24N2O6/c1-4-5-6-14(19(24)25)20-18(23)12-9-17(22)21(11-12)15-8-7-13(26-2)10-16(15)27-3/h4,7-8,10,12,14H,1,5-6,9,11H2,2-3H3,(H,20,23)(H,24,25). The minimum Gasteiger partial charge on any atom is -0.497 e. The average Bonchev–Trinajstić information content (AvgIpc) is 3.05. The zero-order chi connectivity index (χ0) is 20.0. The van der Waals surface area contributed by atoms with E-state index in [0.717, 1.165) is 0 Å². The number of amides is 2. The van der Waals surface area contributed by atoms with Gasteiger partial charge in [-0.05, 0) is 25.0 Å². The number of hydrogen-bond acceptors (Lipinski definition) is 5. The molecule has 2 N–H and O–H groups in total. The largest absolute Gasteiger partial charge is 0.497 e. The summed E-state index contributed by atoms with van der Waals surface area (Å²) in [6.45, 7) is 3.71. The highest BCUT2D eigenvalue weighted by Gasteiger charge is 2.37. The van der Waals surface area contributed by atoms with Crippen LogP contribution in [0.15, 0.2) is 30.9 Å². The van der Waals surface area contributed by atoms with Gasteiger partial charge in [-0.1, -0.05) is 6.08 Å². The lowest BCUT2D eigenvalue weighted by Gasteiger charge is -2.20. The average molecular weight is 376 g/mol. The molecule has 1 aliphatic heterocycles. The molecule has 2 amide bonds. The summed E-state index contributed by atoms with van der Waals surface area (Å²) < 4.78 is 10.5. The van der Waals surface area contributed by atoms with Crippen LogP contribution in [0.1, 0.15) is 19.3 Å². The Labute approximate surface area is 157 Å². The Kier molecular flexibility index (Phi) is 6.81. The third-order valence-corrected chi connectivity index (χ3v) is 4.45. The Bertz CT molecular complexity index is 733. The maximum Gasteiger partial charge on any atom is 0.326 e. The van der Waals surface area contributed by atoms with Crippen molar-refractivity contribution in [2.24, 2.45) is 5.92 Å². The van der Waals surface area contributed by atoms with Gasteiger partial charge in [0.15, 0.2) is 0 Å². The summed E-state index contributed by atoms with van der Waals surface area (Å²) >= 11 is 0. The molecule has 0 aromatic heterocycles. The Hall–Kier alpha value is -3.03. The summed E-state index contributed by atoms with van der Waals surface area (Å²) in [6.07, 6.45) is 2.32. The SMILES string of the molecule is C=CCCC(NC(=O)C1CC(=O)N(c2ccc(OC)cc2OC)C1)C(=O)O. The summed E-state index contributed by atoms with van der Waals surface area (Å²) in [7, 11) is 3.02. The number of carboxylic acid groups (broad SMARTS) is 1. The van der Waals surface area contributed by atoms with Gasteiger partial charge in [-0.25, -0.2) is 4.79 Å². The third-order valence-electron chi connectivity index (χ3n) is 4.45. The highest BCUT2D eigenvalue weighted by atomic mass is 16.5. The zero-order valence-corrected chi connectivity index (χ0v) is 15.4. The number of methoxy groups -OCH3 is 2. The van der Waals surface area contributed by atoms with Gasteiger partial charge in [0.2, 0.25) is 11.8 Å². The van der Waals surface area contributed by atoms with Gasteiger partial charge in [-0.3, -0.25) is 9.59 Å². The second kappa shape index (κ2) is 9.07. The van der Waals surface area contributed by atoms with E-state index >= 15 is 0 Å². The van der Waals surface area contributed by atoms with Crippen LogP contribution in [-0.4, -0.2) is 49.7 Å². The first-order valence-electron chi connectivity index (χ1n) is 8.57. The number of aliphatic carboxylic acids is 1. The maximum atomic E-state index is 12.5. The molecule has 0 spiro atoms. The highest BCUT2D eigenvalue weighted by Crippen LogP contribution is 2.35. The van der Waals surface area contributed by atoms with E-state index in [1.165, 1.54) is 19.1 Å². The van der Waals surface area contributed by atoms with Crippen LogP contribution < -0.4 is 19.7 Å². The van der Waals surface area contributed by atoms with Crippen LogP contribution in [-0.2, 0) is 14.4 Å². The molecule has 1 saturated heterocycles. The summed E-state index contributed by atoms with van der Waals surface area (Å²) in [5.41, 5.74) is 0.542. The fraction of sp³-hybridized carbons (Fsp3) is 0.421. The van der Waals surface area contributed by atoms with Gasteiger partial charge in [0.25, 0.3) is 0 Å². The van der Waals surface area contributed by atoms with E-state index in [0.29, 0.717) is 23.6 Å². The first-order valence-corrected chi connectivity index (χ1v) is 8.57. The molecule has 0 radical (unpaired) electrons. The van der Waals surface area contributed by atoms with E-state index in [9.17, 15) is 19.5 Å². The van der Waals surface area contributed by atoms with Crippen molar-refractivity contribution >= 4 is 23.5 Å². The Morgan fingerprint density at radius 3 is 2.74 bits per heavy atom. The fourth-order valence-corrected chi connectivity index (χ4v) is 2.96. The Morgan fingerprint density at radius 1 is 1.41 bits per heavy atom. The van der Waals surface area contributed by atoms with Crippen LogP contribution in [0.4, 0.5) is 5.69 Å². The van der Waals surface area contributed by atoms with Crippen LogP contribution in [0.5, 0.6) is 11.5 Å². The number of ether oxygens (including phenoxy) is 2. The third kappa shape index (κ3) is 4.78. The molecule has 0 bridgehead atoms. The van der Waals surface area contributed by atoms with Crippen LogP contribution >= 0.6 is 0 Å². The molecule has 27 heavy (non-hydrogen) atoms. The summed E-state index contributed by atoms with van der Waals surface area (Å²) in [6, 6.07) is 4.05. The number of nitrogens with zero attached hydrogens (tertiary/aromatic N) is 1. The fourth-order valence-electron chi connectivity index (χ4n) is 2.96. The van der Waals surface area contributed by atoms with Gasteiger partial charge in [0.05, 0.1) is 25.8 Å². The lowest BCUT2D eigenvalue weighted by atomic mass is 10.1. The second-order valence-corrected chi connectivity index (χ2v) is 6.21. The zero-order valence-electron chi connectivity index (χ0n) is 15.4. The summed E-state index contributed by atoms with van der Waals surface area (Å²) in [5, 5.41) is 11.8. The number of rotatable bonds is 9. The van der Waals surface area contributed by atoms with E-state index < -0.39 is 23.8 Å². The van der Waals surface area contributed by atoms with Gasteiger partial charge in [0.1, 0.15) is 17.5 Å². The first-order chi connectivity index (χ1) is 12.9. The number of carbonyl (C=O) groups is 3. The van der Waals surface area contributed by atoms with E-state index in [1.54, 1.807) is 24.3 Å². The van der Waals surface area contributed by atoms with E-state index in [1.807, 2.05) is 0 Å².